The summed E-state index contributed by atoms with van der Waals surface area (Å²) in [4.78, 5) is 25.6. The van der Waals surface area contributed by atoms with Crippen LogP contribution in [-0.4, -0.2) is 37.5 Å². The molecule has 6 heteroatoms. The van der Waals surface area contributed by atoms with E-state index in [-0.39, 0.29) is 11.6 Å². The number of amides is 3. The minimum atomic E-state index is -0.609. The van der Waals surface area contributed by atoms with Crippen LogP contribution in [0.4, 0.5) is 14.9 Å². The lowest BCUT2D eigenvalue weighted by Gasteiger charge is -2.16. The Hall–Kier alpha value is -2.89. The van der Waals surface area contributed by atoms with E-state index in [1.54, 1.807) is 14.1 Å². The molecule has 2 N–H and O–H groups in total. The molecule has 0 aromatic heterocycles. The Morgan fingerprint density at radius 1 is 1.07 bits per heavy atom. The largest absolute Gasteiger partial charge is 0.345 e. The van der Waals surface area contributed by atoms with Crippen molar-refractivity contribution in [3.05, 3.63) is 65.0 Å². The molecule has 1 aliphatic rings. The Labute approximate surface area is 164 Å². The van der Waals surface area contributed by atoms with Gasteiger partial charge in [-0.1, -0.05) is 24.3 Å². The molecular formula is C22H26FN3O2. The number of aryl methyl sites for hydroxylation is 2. The molecule has 0 atom stereocenters. The molecule has 2 aromatic carbocycles. The fraction of sp³-hybridized carbons (Fsp3) is 0.364. The van der Waals surface area contributed by atoms with Crippen molar-refractivity contribution in [1.29, 1.82) is 0 Å². The van der Waals surface area contributed by atoms with Gasteiger partial charge in [-0.25, -0.2) is 9.18 Å². The van der Waals surface area contributed by atoms with E-state index < -0.39 is 11.7 Å². The Bertz CT molecular complexity index is 840. The molecule has 0 saturated carbocycles. The molecule has 0 aliphatic heterocycles. The Kier molecular flexibility index (Phi) is 6.29. The SMILES string of the molecule is CN(C)C(=O)c1cc(NC(=O)NCC2CCc3ccccc3CC2)ccc1F. The smallest absolute Gasteiger partial charge is 0.319 e. The van der Waals surface area contributed by atoms with Crippen molar-refractivity contribution >= 4 is 17.6 Å². The molecule has 148 valence electrons. The summed E-state index contributed by atoms with van der Waals surface area (Å²) in [5.41, 5.74) is 3.12. The number of rotatable bonds is 4. The van der Waals surface area contributed by atoms with E-state index in [0.29, 0.717) is 18.2 Å². The van der Waals surface area contributed by atoms with Crippen molar-refractivity contribution in [1.82, 2.24) is 10.2 Å². The standard InChI is InChI=1S/C22H26FN3O2/c1-26(2)21(27)19-13-18(11-12-20(19)23)25-22(28)24-14-15-7-9-16-5-3-4-6-17(16)10-8-15/h3-6,11-13,15H,7-10,14H2,1-2H3,(H2,24,25,28). The predicted molar refractivity (Wildman–Crippen MR) is 108 cm³/mol. The summed E-state index contributed by atoms with van der Waals surface area (Å²) in [6, 6.07) is 12.2. The molecular weight excluding hydrogens is 357 g/mol. The van der Waals surface area contributed by atoms with Crippen LogP contribution < -0.4 is 10.6 Å². The van der Waals surface area contributed by atoms with Crippen molar-refractivity contribution in [3.8, 4) is 0 Å². The first-order valence-corrected chi connectivity index (χ1v) is 9.57. The van der Waals surface area contributed by atoms with Crippen LogP contribution in [0.15, 0.2) is 42.5 Å². The van der Waals surface area contributed by atoms with Gasteiger partial charge < -0.3 is 15.5 Å². The molecule has 0 heterocycles. The molecule has 5 nitrogen and oxygen atoms in total. The number of fused-ring (bicyclic) bond motifs is 1. The van der Waals surface area contributed by atoms with Crippen molar-refractivity contribution in [2.75, 3.05) is 26.0 Å². The molecule has 1 aliphatic carbocycles. The summed E-state index contributed by atoms with van der Waals surface area (Å²) >= 11 is 0. The summed E-state index contributed by atoms with van der Waals surface area (Å²) in [7, 11) is 3.11. The molecule has 0 radical (unpaired) electrons. The second kappa shape index (κ2) is 8.87. The van der Waals surface area contributed by atoms with Crippen LogP contribution in [0.2, 0.25) is 0 Å². The molecule has 2 aromatic rings. The van der Waals surface area contributed by atoms with Crippen LogP contribution in [0.1, 0.15) is 34.3 Å². The second-order valence-electron chi connectivity index (χ2n) is 7.44. The van der Waals surface area contributed by atoms with Crippen LogP contribution in [0.25, 0.3) is 0 Å². The van der Waals surface area contributed by atoms with Crippen molar-refractivity contribution < 1.29 is 14.0 Å². The minimum absolute atomic E-state index is 0.0654. The zero-order valence-corrected chi connectivity index (χ0v) is 16.3. The maximum atomic E-state index is 13.9. The van der Waals surface area contributed by atoms with Crippen molar-refractivity contribution in [2.45, 2.75) is 25.7 Å². The number of benzene rings is 2. The highest BCUT2D eigenvalue weighted by Gasteiger charge is 2.18. The quantitative estimate of drug-likeness (QED) is 0.788. The Morgan fingerprint density at radius 3 is 2.32 bits per heavy atom. The first kappa shape index (κ1) is 19.9. The summed E-state index contributed by atoms with van der Waals surface area (Å²) in [5, 5.41) is 5.59. The number of hydrogen-bond donors (Lipinski definition) is 2. The van der Waals surface area contributed by atoms with Crippen LogP contribution >= 0.6 is 0 Å². The zero-order chi connectivity index (χ0) is 20.1. The number of urea groups is 1. The van der Waals surface area contributed by atoms with Gasteiger partial charge in [0.05, 0.1) is 5.56 Å². The van der Waals surface area contributed by atoms with E-state index in [4.69, 9.17) is 0 Å². The molecule has 0 fully saturated rings. The van der Waals surface area contributed by atoms with E-state index in [1.165, 1.54) is 34.2 Å². The average Bonchev–Trinajstić information content (AvgIpc) is 2.89. The molecule has 28 heavy (non-hydrogen) atoms. The van der Waals surface area contributed by atoms with Crippen LogP contribution in [0, 0.1) is 11.7 Å². The fourth-order valence-corrected chi connectivity index (χ4v) is 3.53. The average molecular weight is 383 g/mol. The number of carbonyl (C=O) groups excluding carboxylic acids is 2. The van der Waals surface area contributed by atoms with Crippen molar-refractivity contribution in [2.24, 2.45) is 5.92 Å². The number of nitrogens with one attached hydrogen (secondary N) is 2. The Balaban J connectivity index is 1.54. The minimum Gasteiger partial charge on any atom is -0.345 e. The molecule has 0 unspecified atom stereocenters. The van der Waals surface area contributed by atoms with Gasteiger partial charge in [-0.3, -0.25) is 4.79 Å². The highest BCUT2D eigenvalue weighted by molar-refractivity contribution is 5.96. The molecule has 0 bridgehead atoms. The third kappa shape index (κ3) is 4.88. The number of hydrogen-bond acceptors (Lipinski definition) is 2. The second-order valence-corrected chi connectivity index (χ2v) is 7.44. The number of nitrogens with zero attached hydrogens (tertiary/aromatic N) is 1. The zero-order valence-electron chi connectivity index (χ0n) is 16.3. The van der Waals surface area contributed by atoms with Crippen molar-refractivity contribution in [3.63, 3.8) is 0 Å². The first-order valence-electron chi connectivity index (χ1n) is 9.57. The lowest BCUT2D eigenvalue weighted by atomic mass is 10.00. The van der Waals surface area contributed by atoms with Gasteiger partial charge in [0.25, 0.3) is 5.91 Å². The third-order valence-corrected chi connectivity index (χ3v) is 5.17. The van der Waals surface area contributed by atoms with Gasteiger partial charge in [-0.15, -0.1) is 0 Å². The maximum Gasteiger partial charge on any atom is 0.319 e. The number of carbonyl (C=O) groups is 2. The number of halogens is 1. The topological polar surface area (TPSA) is 61.4 Å². The predicted octanol–water partition coefficient (Wildman–Crippen LogP) is 3.84. The van der Waals surface area contributed by atoms with Gasteiger partial charge in [-0.05, 0) is 60.9 Å². The van der Waals surface area contributed by atoms with Crippen LogP contribution in [0.5, 0.6) is 0 Å². The lowest BCUT2D eigenvalue weighted by molar-refractivity contribution is 0.0823. The van der Waals surface area contributed by atoms with Crippen LogP contribution in [-0.2, 0) is 12.8 Å². The first-order chi connectivity index (χ1) is 13.4. The van der Waals surface area contributed by atoms with Crippen LogP contribution in [0.3, 0.4) is 0 Å². The van der Waals surface area contributed by atoms with E-state index in [1.807, 2.05) is 0 Å². The summed E-state index contributed by atoms with van der Waals surface area (Å²) in [5.74, 6) is -0.639. The molecule has 3 amide bonds. The molecule has 3 rings (SSSR count). The highest BCUT2D eigenvalue weighted by atomic mass is 19.1. The van der Waals surface area contributed by atoms with Gasteiger partial charge in [0.1, 0.15) is 5.82 Å². The normalized spacial score (nSPS) is 14.0. The van der Waals surface area contributed by atoms with E-state index in [0.717, 1.165) is 25.7 Å². The van der Waals surface area contributed by atoms with E-state index in [2.05, 4.69) is 34.9 Å². The van der Waals surface area contributed by atoms with Gasteiger partial charge >= 0.3 is 6.03 Å². The molecule has 0 saturated heterocycles. The summed E-state index contributed by atoms with van der Waals surface area (Å²) in [6.07, 6.45) is 4.13. The van der Waals surface area contributed by atoms with E-state index in [9.17, 15) is 14.0 Å². The summed E-state index contributed by atoms with van der Waals surface area (Å²) in [6.45, 7) is 0.588. The lowest BCUT2D eigenvalue weighted by Crippen LogP contribution is -2.33. The fourth-order valence-electron chi connectivity index (χ4n) is 3.53. The van der Waals surface area contributed by atoms with Gasteiger partial charge in [0.2, 0.25) is 0 Å². The highest BCUT2D eigenvalue weighted by Crippen LogP contribution is 2.24. The maximum absolute atomic E-state index is 13.9. The van der Waals surface area contributed by atoms with Gasteiger partial charge in [0, 0.05) is 26.3 Å². The monoisotopic (exact) mass is 383 g/mol. The number of anilines is 1. The Morgan fingerprint density at radius 2 is 1.71 bits per heavy atom. The van der Waals surface area contributed by atoms with Gasteiger partial charge in [0.15, 0.2) is 0 Å². The molecule has 0 spiro atoms. The van der Waals surface area contributed by atoms with E-state index >= 15 is 0 Å². The van der Waals surface area contributed by atoms with Gasteiger partial charge in [-0.2, -0.15) is 0 Å². The summed E-state index contributed by atoms with van der Waals surface area (Å²) < 4.78 is 13.9. The third-order valence-electron chi connectivity index (χ3n) is 5.17.